The molecule has 0 saturated carbocycles. The number of β-amino-alcohol motifs (C(OH)–C–C–N with tert-alkyl or cyclic N) is 1. The number of rotatable bonds is 4. The van der Waals surface area contributed by atoms with Gasteiger partial charge in [0, 0.05) is 15.9 Å². The second kappa shape index (κ2) is 6.26. The highest BCUT2D eigenvalue weighted by Crippen LogP contribution is 2.25. The summed E-state index contributed by atoms with van der Waals surface area (Å²) in [5.74, 6) is 1.91. The van der Waals surface area contributed by atoms with Gasteiger partial charge in [-0.25, -0.2) is 0 Å². The predicted molar refractivity (Wildman–Crippen MR) is 79.4 cm³/mol. The number of aliphatic hydroxyl groups excluding tert-OH is 1. The fourth-order valence-corrected chi connectivity index (χ4v) is 3.06. The van der Waals surface area contributed by atoms with E-state index in [1.54, 1.807) is 11.8 Å². The van der Waals surface area contributed by atoms with Gasteiger partial charge < -0.3 is 14.9 Å². The van der Waals surface area contributed by atoms with E-state index in [-0.39, 0.29) is 12.1 Å². The first kappa shape index (κ1) is 14.1. The zero-order chi connectivity index (χ0) is 13.9. The summed E-state index contributed by atoms with van der Waals surface area (Å²) in [6, 6.07) is 8.08. The van der Waals surface area contributed by atoms with Crippen molar-refractivity contribution in [1.29, 1.82) is 0 Å². The van der Waals surface area contributed by atoms with Crippen LogP contribution < -0.4 is 5.32 Å². The van der Waals surface area contributed by atoms with Gasteiger partial charge in [0.25, 0.3) is 0 Å². The molecule has 2 heterocycles. The maximum atomic E-state index is 9.48. The van der Waals surface area contributed by atoms with Crippen molar-refractivity contribution < 1.29 is 9.63 Å². The van der Waals surface area contributed by atoms with Gasteiger partial charge in [-0.15, -0.1) is 11.8 Å². The summed E-state index contributed by atoms with van der Waals surface area (Å²) in [5.41, 5.74) is 0. The Morgan fingerprint density at radius 3 is 2.90 bits per heavy atom. The van der Waals surface area contributed by atoms with Gasteiger partial charge in [-0.1, -0.05) is 21.1 Å². The largest absolute Gasteiger partial charge is 0.392 e. The van der Waals surface area contributed by atoms with E-state index >= 15 is 0 Å². The van der Waals surface area contributed by atoms with E-state index in [9.17, 15) is 5.11 Å². The number of nitrogens with zero attached hydrogens (tertiary/aromatic N) is 2. The highest BCUT2D eigenvalue weighted by molar-refractivity contribution is 9.10. The van der Waals surface area contributed by atoms with E-state index in [1.165, 1.54) is 0 Å². The Bertz CT molecular complexity index is 575. The molecule has 0 unspecified atom stereocenters. The molecule has 7 heteroatoms. The van der Waals surface area contributed by atoms with Crippen molar-refractivity contribution in [1.82, 2.24) is 15.5 Å². The van der Waals surface area contributed by atoms with Crippen LogP contribution in [0.3, 0.4) is 0 Å². The Kier molecular flexibility index (Phi) is 4.40. The first-order chi connectivity index (χ1) is 9.70. The summed E-state index contributed by atoms with van der Waals surface area (Å²) >= 11 is 5.07. The summed E-state index contributed by atoms with van der Waals surface area (Å²) in [6.45, 7) is 0.579. The second-order valence-electron chi connectivity index (χ2n) is 4.64. The van der Waals surface area contributed by atoms with Gasteiger partial charge in [-0.3, -0.25) is 0 Å². The maximum Gasteiger partial charge on any atom is 0.243 e. The van der Waals surface area contributed by atoms with E-state index in [0.717, 1.165) is 9.37 Å². The van der Waals surface area contributed by atoms with Crippen LogP contribution in [-0.2, 0) is 5.75 Å². The van der Waals surface area contributed by atoms with Crippen LogP contribution in [0.5, 0.6) is 0 Å². The van der Waals surface area contributed by atoms with Crippen LogP contribution in [-0.4, -0.2) is 27.9 Å². The van der Waals surface area contributed by atoms with Crippen LogP contribution in [0.4, 0.5) is 0 Å². The molecule has 1 aliphatic rings. The molecule has 0 bridgehead atoms. The minimum Gasteiger partial charge on any atom is -0.392 e. The summed E-state index contributed by atoms with van der Waals surface area (Å²) in [5, 5.41) is 16.6. The van der Waals surface area contributed by atoms with Gasteiger partial charge in [0.15, 0.2) is 5.82 Å². The van der Waals surface area contributed by atoms with Crippen LogP contribution in [0.15, 0.2) is 38.2 Å². The highest BCUT2D eigenvalue weighted by atomic mass is 79.9. The van der Waals surface area contributed by atoms with E-state index in [4.69, 9.17) is 4.52 Å². The zero-order valence-electron chi connectivity index (χ0n) is 10.6. The first-order valence-corrected chi connectivity index (χ1v) is 8.11. The Balaban J connectivity index is 1.58. The Morgan fingerprint density at radius 2 is 2.20 bits per heavy atom. The number of nitrogens with one attached hydrogen (secondary N) is 1. The predicted octanol–water partition coefficient (Wildman–Crippen LogP) is 2.52. The lowest BCUT2D eigenvalue weighted by atomic mass is 10.2. The quantitative estimate of drug-likeness (QED) is 0.821. The SMILES string of the molecule is O[C@H]1CN[C@@H](c2nc(CSc3ccc(Br)cc3)no2)C1. The minimum absolute atomic E-state index is 0.0241. The fraction of sp³-hybridized carbons (Fsp3) is 0.385. The molecule has 1 aliphatic heterocycles. The molecule has 3 rings (SSSR count). The average molecular weight is 356 g/mol. The van der Waals surface area contributed by atoms with E-state index in [2.05, 4.69) is 31.4 Å². The minimum atomic E-state index is -0.326. The lowest BCUT2D eigenvalue weighted by Gasteiger charge is -2.01. The number of aromatic nitrogens is 2. The van der Waals surface area contributed by atoms with Crippen LogP contribution in [0, 0.1) is 0 Å². The average Bonchev–Trinajstić information content (AvgIpc) is 3.07. The molecule has 0 amide bonds. The third-order valence-corrected chi connectivity index (χ3v) is 4.61. The van der Waals surface area contributed by atoms with Crippen molar-refractivity contribution in [3.8, 4) is 0 Å². The molecule has 1 fully saturated rings. The molecule has 1 saturated heterocycles. The molecule has 20 heavy (non-hydrogen) atoms. The van der Waals surface area contributed by atoms with E-state index in [0.29, 0.717) is 30.4 Å². The summed E-state index contributed by atoms with van der Waals surface area (Å²) in [4.78, 5) is 5.54. The summed E-state index contributed by atoms with van der Waals surface area (Å²) in [7, 11) is 0. The van der Waals surface area contributed by atoms with Gasteiger partial charge >= 0.3 is 0 Å². The molecule has 0 aliphatic carbocycles. The van der Waals surface area contributed by atoms with Crippen LogP contribution >= 0.6 is 27.7 Å². The molecule has 2 aromatic rings. The van der Waals surface area contributed by atoms with Crippen LogP contribution in [0.2, 0.25) is 0 Å². The van der Waals surface area contributed by atoms with Crippen molar-refractivity contribution in [2.75, 3.05) is 6.54 Å². The van der Waals surface area contributed by atoms with Crippen molar-refractivity contribution in [3.63, 3.8) is 0 Å². The Labute approximate surface area is 129 Å². The van der Waals surface area contributed by atoms with Gasteiger partial charge in [0.2, 0.25) is 5.89 Å². The lowest BCUT2D eigenvalue weighted by molar-refractivity contribution is 0.191. The third kappa shape index (κ3) is 3.41. The summed E-state index contributed by atoms with van der Waals surface area (Å²) in [6.07, 6.45) is 0.300. The monoisotopic (exact) mass is 355 g/mol. The Morgan fingerprint density at radius 1 is 1.40 bits per heavy atom. The molecule has 2 N–H and O–H groups in total. The number of hydrogen-bond acceptors (Lipinski definition) is 6. The van der Waals surface area contributed by atoms with Crippen molar-refractivity contribution in [2.45, 2.75) is 29.2 Å². The van der Waals surface area contributed by atoms with Crippen molar-refractivity contribution >= 4 is 27.7 Å². The number of hydrogen-bond donors (Lipinski definition) is 2. The number of aliphatic hydroxyl groups is 1. The maximum absolute atomic E-state index is 9.48. The van der Waals surface area contributed by atoms with Crippen molar-refractivity contribution in [3.05, 3.63) is 40.5 Å². The molecule has 5 nitrogen and oxygen atoms in total. The summed E-state index contributed by atoms with van der Waals surface area (Å²) < 4.78 is 6.31. The molecule has 1 aromatic carbocycles. The molecule has 0 radical (unpaired) electrons. The number of thioether (sulfide) groups is 1. The molecule has 0 spiro atoms. The lowest BCUT2D eigenvalue weighted by Crippen LogP contribution is -2.15. The van der Waals surface area contributed by atoms with Gasteiger partial charge in [-0.2, -0.15) is 4.98 Å². The normalized spacial score (nSPS) is 22.3. The molecular weight excluding hydrogens is 342 g/mol. The van der Waals surface area contributed by atoms with E-state index in [1.807, 2.05) is 24.3 Å². The second-order valence-corrected chi connectivity index (χ2v) is 6.61. The van der Waals surface area contributed by atoms with E-state index < -0.39 is 0 Å². The standard InChI is InChI=1S/C13H14BrN3O2S/c14-8-1-3-10(4-2-8)20-7-12-16-13(19-17-12)11-5-9(18)6-15-11/h1-4,9,11,15,18H,5-7H2/t9-,11-/m1/s1. The molecule has 1 aromatic heterocycles. The number of halogens is 1. The van der Waals surface area contributed by atoms with Gasteiger partial charge in [-0.05, 0) is 30.7 Å². The van der Waals surface area contributed by atoms with Crippen LogP contribution in [0.1, 0.15) is 24.2 Å². The zero-order valence-corrected chi connectivity index (χ0v) is 13.0. The van der Waals surface area contributed by atoms with Gasteiger partial charge in [0.05, 0.1) is 17.9 Å². The van der Waals surface area contributed by atoms with Crippen molar-refractivity contribution in [2.24, 2.45) is 0 Å². The highest BCUT2D eigenvalue weighted by Gasteiger charge is 2.27. The molecule has 2 atom stereocenters. The smallest absolute Gasteiger partial charge is 0.243 e. The fourth-order valence-electron chi connectivity index (χ4n) is 2.05. The first-order valence-electron chi connectivity index (χ1n) is 6.33. The van der Waals surface area contributed by atoms with Gasteiger partial charge in [0.1, 0.15) is 0 Å². The third-order valence-electron chi connectivity index (χ3n) is 3.07. The van der Waals surface area contributed by atoms with Crippen LogP contribution in [0.25, 0.3) is 0 Å². The Hall–Kier alpha value is -0.890. The molecular formula is C13H14BrN3O2S. The molecule has 106 valence electrons. The number of benzene rings is 1. The topological polar surface area (TPSA) is 71.2 Å².